The number of aldehydes is 1. The first-order valence-corrected chi connectivity index (χ1v) is 25.8. The highest BCUT2D eigenvalue weighted by molar-refractivity contribution is 7.27. The van der Waals surface area contributed by atoms with Gasteiger partial charge in [0.15, 0.2) is 17.9 Å². The molecule has 0 unspecified atom stereocenters. The number of carbonyl (C=O) groups is 1. The lowest BCUT2D eigenvalue weighted by atomic mass is 10.2. The first-order chi connectivity index (χ1) is 34.4. The zero-order chi connectivity index (χ0) is 47.7. The van der Waals surface area contributed by atoms with Gasteiger partial charge in [-0.1, -0.05) is 36.4 Å². The van der Waals surface area contributed by atoms with Crippen LogP contribution < -0.4 is 29.6 Å². The van der Waals surface area contributed by atoms with E-state index in [1.807, 2.05) is 127 Å². The van der Waals surface area contributed by atoms with Crippen LogP contribution in [0.5, 0.6) is 23.0 Å². The smallest absolute Gasteiger partial charge is 0.160 e. The molecule has 1 saturated heterocycles. The predicted octanol–water partition coefficient (Wildman–Crippen LogP) is 13.9. The van der Waals surface area contributed by atoms with Crippen molar-refractivity contribution in [3.8, 4) is 42.5 Å². The van der Waals surface area contributed by atoms with Crippen LogP contribution in [0.25, 0.3) is 39.9 Å². The average Bonchev–Trinajstić information content (AvgIpc) is 4.27. The number of nitrogens with one attached hydrogen (secondary N) is 2. The van der Waals surface area contributed by atoms with E-state index in [1.54, 1.807) is 49.5 Å². The van der Waals surface area contributed by atoms with Crippen LogP contribution in [0.2, 0.25) is 0 Å². The normalized spacial score (nSPS) is 12.4. The topological polar surface area (TPSA) is 133 Å². The zero-order valence-corrected chi connectivity index (χ0v) is 41.6. The van der Waals surface area contributed by atoms with Crippen LogP contribution in [0.3, 0.4) is 0 Å². The Hall–Kier alpha value is -7.21. The second-order valence-corrected chi connectivity index (χ2v) is 20.6. The third-order valence-electron chi connectivity index (χ3n) is 11.4. The van der Waals surface area contributed by atoms with Gasteiger partial charge in [0, 0.05) is 54.4 Å². The SMILES string of the molecule is COc1ccc(COc2cccc(Nc3ncnc4cc(-c5ccc(C=O)s5)sc34)c2)cc1.COc1ccc(COc2cccc(Nc3ncnc4cc(-c5ccc(CN6CCCC6)s5)sc34)c2)cc1. The van der Waals surface area contributed by atoms with Crippen molar-refractivity contribution in [1.29, 1.82) is 0 Å². The van der Waals surface area contributed by atoms with Crippen LogP contribution >= 0.6 is 45.3 Å². The van der Waals surface area contributed by atoms with Gasteiger partial charge in [0.05, 0.1) is 39.5 Å². The number of methoxy groups -OCH3 is 2. The first kappa shape index (κ1) is 46.5. The summed E-state index contributed by atoms with van der Waals surface area (Å²) in [6, 6.07) is 44.0. The number of likely N-dealkylation sites (tertiary alicyclic amines) is 1. The number of anilines is 4. The van der Waals surface area contributed by atoms with Gasteiger partial charge in [0.2, 0.25) is 0 Å². The maximum absolute atomic E-state index is 11.0. The van der Waals surface area contributed by atoms with E-state index in [4.69, 9.17) is 18.9 Å². The van der Waals surface area contributed by atoms with Gasteiger partial charge in [0.1, 0.15) is 48.9 Å². The molecule has 352 valence electrons. The molecule has 16 heteroatoms. The van der Waals surface area contributed by atoms with E-state index < -0.39 is 0 Å². The summed E-state index contributed by atoms with van der Waals surface area (Å²) in [6.45, 7) is 4.44. The minimum atomic E-state index is 0.461. The van der Waals surface area contributed by atoms with E-state index in [0.29, 0.717) is 18.1 Å². The number of hydrogen-bond acceptors (Lipinski definition) is 16. The summed E-state index contributed by atoms with van der Waals surface area (Å²) >= 11 is 6.69. The fourth-order valence-electron chi connectivity index (χ4n) is 7.81. The van der Waals surface area contributed by atoms with E-state index >= 15 is 0 Å². The number of thiophene rings is 4. The Bertz CT molecular complexity index is 3340. The number of nitrogens with zero attached hydrogens (tertiary/aromatic N) is 5. The molecular weight excluding hydrogens is 955 g/mol. The Kier molecular flexibility index (Phi) is 14.6. The molecule has 2 N–H and O–H groups in total. The van der Waals surface area contributed by atoms with Gasteiger partial charge in [-0.2, -0.15) is 0 Å². The highest BCUT2D eigenvalue weighted by Gasteiger charge is 2.17. The summed E-state index contributed by atoms with van der Waals surface area (Å²) in [5.41, 5.74) is 5.76. The van der Waals surface area contributed by atoms with Crippen molar-refractivity contribution in [3.63, 3.8) is 0 Å². The maximum Gasteiger partial charge on any atom is 0.160 e. The van der Waals surface area contributed by atoms with Crippen molar-refractivity contribution >= 4 is 95.1 Å². The van der Waals surface area contributed by atoms with Gasteiger partial charge in [-0.05, 0) is 122 Å². The fraction of sp³-hybridized carbons (Fsp3) is 0.167. The van der Waals surface area contributed by atoms with Gasteiger partial charge >= 0.3 is 0 Å². The molecule has 0 spiro atoms. The molecule has 1 aliphatic heterocycles. The molecule has 0 atom stereocenters. The Morgan fingerprint density at radius 3 is 1.56 bits per heavy atom. The van der Waals surface area contributed by atoms with Crippen LogP contribution in [0.4, 0.5) is 23.0 Å². The van der Waals surface area contributed by atoms with Crippen molar-refractivity contribution in [2.45, 2.75) is 32.6 Å². The zero-order valence-electron chi connectivity index (χ0n) is 38.3. The summed E-state index contributed by atoms with van der Waals surface area (Å²) < 4.78 is 24.4. The van der Waals surface area contributed by atoms with E-state index in [2.05, 4.69) is 53.7 Å². The molecule has 1 fully saturated rings. The van der Waals surface area contributed by atoms with Gasteiger partial charge in [0.25, 0.3) is 0 Å². The Labute approximate surface area is 421 Å². The molecule has 11 rings (SSSR count). The van der Waals surface area contributed by atoms with Crippen molar-refractivity contribution < 1.29 is 23.7 Å². The van der Waals surface area contributed by atoms with Gasteiger partial charge in [-0.25, -0.2) is 19.9 Å². The molecule has 70 heavy (non-hydrogen) atoms. The lowest BCUT2D eigenvalue weighted by Gasteiger charge is -2.12. The van der Waals surface area contributed by atoms with E-state index in [9.17, 15) is 4.79 Å². The van der Waals surface area contributed by atoms with E-state index in [0.717, 1.165) is 100 Å². The quantitative estimate of drug-likeness (QED) is 0.0842. The lowest BCUT2D eigenvalue weighted by Crippen LogP contribution is -2.17. The van der Waals surface area contributed by atoms with Crippen LogP contribution in [-0.2, 0) is 19.8 Å². The second kappa shape index (κ2) is 22.0. The molecule has 0 aliphatic carbocycles. The molecular formula is C54H47N7O5S4. The standard InChI is InChI=1S/C29H28N4O2S2.C25H19N3O3S2/c1-34-22-9-7-20(8-10-22)18-35-23-6-4-5-21(15-23)32-29-28-25(30-19-31-29)16-27(37-28)26-12-11-24(36-26)17-33-13-2-3-14-33;1-30-18-7-5-16(6-8-18)14-31-19-4-2-3-17(11-19)28-25-24-21(26-15-27-25)12-23(33-24)22-10-9-20(13-29)32-22/h4-12,15-16,19H,2-3,13-14,17-18H2,1H3,(H,30,31,32);2-13,15H,14H2,1H3,(H,26,27,28). The first-order valence-electron chi connectivity index (χ1n) is 22.6. The fourth-order valence-corrected chi connectivity index (χ4v) is 12.0. The number of carbonyl (C=O) groups excluding carboxylic acids is 1. The monoisotopic (exact) mass is 1000 g/mol. The highest BCUT2D eigenvalue weighted by atomic mass is 32.1. The minimum absolute atomic E-state index is 0.461. The molecule has 12 nitrogen and oxygen atoms in total. The molecule has 0 radical (unpaired) electrons. The molecule has 7 heterocycles. The minimum Gasteiger partial charge on any atom is -0.497 e. The van der Waals surface area contributed by atoms with Gasteiger partial charge in [-0.15, -0.1) is 45.3 Å². The van der Waals surface area contributed by atoms with Crippen LogP contribution in [-0.4, -0.2) is 58.4 Å². The number of benzene rings is 4. The Balaban J connectivity index is 0.000000163. The molecule has 0 amide bonds. The molecule has 4 aromatic carbocycles. The van der Waals surface area contributed by atoms with Gasteiger partial charge in [-0.3, -0.25) is 9.69 Å². The number of rotatable bonds is 17. The molecule has 10 aromatic rings. The molecule has 0 bridgehead atoms. The predicted molar refractivity (Wildman–Crippen MR) is 285 cm³/mol. The van der Waals surface area contributed by atoms with Crippen molar-refractivity contribution in [3.05, 3.63) is 167 Å². The number of hydrogen-bond donors (Lipinski definition) is 2. The molecule has 0 saturated carbocycles. The Morgan fingerprint density at radius 1 is 0.543 bits per heavy atom. The summed E-state index contributed by atoms with van der Waals surface area (Å²) in [7, 11) is 3.32. The van der Waals surface area contributed by atoms with Crippen LogP contribution in [0, 0.1) is 0 Å². The van der Waals surface area contributed by atoms with E-state index in [1.165, 1.54) is 51.9 Å². The largest absolute Gasteiger partial charge is 0.497 e. The summed E-state index contributed by atoms with van der Waals surface area (Å²) in [4.78, 5) is 38.3. The summed E-state index contributed by atoms with van der Waals surface area (Å²) in [5.74, 6) is 4.75. The average molecular weight is 1000 g/mol. The second-order valence-electron chi connectivity index (χ2n) is 16.2. The maximum atomic E-state index is 11.0. The molecule has 6 aromatic heterocycles. The van der Waals surface area contributed by atoms with Crippen molar-refractivity contribution in [2.75, 3.05) is 37.9 Å². The summed E-state index contributed by atoms with van der Waals surface area (Å²) in [5, 5.41) is 6.87. The van der Waals surface area contributed by atoms with Crippen molar-refractivity contribution in [1.82, 2.24) is 24.8 Å². The lowest BCUT2D eigenvalue weighted by molar-refractivity contribution is 0.112. The number of aromatic nitrogens is 4. The highest BCUT2D eigenvalue weighted by Crippen LogP contribution is 2.41. The third-order valence-corrected chi connectivity index (χ3v) is 16.1. The number of ether oxygens (including phenoxy) is 4. The third kappa shape index (κ3) is 11.4. The van der Waals surface area contributed by atoms with Crippen LogP contribution in [0.15, 0.2) is 146 Å². The van der Waals surface area contributed by atoms with Crippen LogP contribution in [0.1, 0.15) is 38.5 Å². The number of fused-ring (bicyclic) bond motifs is 2. The van der Waals surface area contributed by atoms with E-state index in [-0.39, 0.29) is 0 Å². The van der Waals surface area contributed by atoms with Gasteiger partial charge < -0.3 is 29.6 Å². The van der Waals surface area contributed by atoms with Crippen molar-refractivity contribution in [2.24, 2.45) is 0 Å². The summed E-state index contributed by atoms with van der Waals surface area (Å²) in [6.07, 6.45) is 6.69. The molecule has 1 aliphatic rings. The Morgan fingerprint density at radius 2 is 1.06 bits per heavy atom.